The second kappa shape index (κ2) is 6.54. The van der Waals surface area contributed by atoms with Crippen LogP contribution in [0.15, 0.2) is 41.3 Å². The smallest absolute Gasteiger partial charge is 0.310 e. The van der Waals surface area contributed by atoms with Gasteiger partial charge in [0.15, 0.2) is 0 Å². The third-order valence-corrected chi connectivity index (χ3v) is 5.65. The summed E-state index contributed by atoms with van der Waals surface area (Å²) < 4.78 is 31.0. The molecule has 26 heavy (non-hydrogen) atoms. The Balaban J connectivity index is 1.73. The van der Waals surface area contributed by atoms with Crippen LogP contribution in [0.1, 0.15) is 6.92 Å². The van der Waals surface area contributed by atoms with Crippen LogP contribution in [0.2, 0.25) is 0 Å². The average molecular weight is 380 g/mol. The molecule has 0 spiro atoms. The van der Waals surface area contributed by atoms with E-state index in [0.717, 1.165) is 6.92 Å². The zero-order valence-corrected chi connectivity index (χ0v) is 14.4. The summed E-state index contributed by atoms with van der Waals surface area (Å²) in [5.74, 6) is -4.19. The first kappa shape index (κ1) is 18.1. The van der Waals surface area contributed by atoms with E-state index in [1.165, 1.54) is 24.3 Å². The number of carboxylic acid groups (broad SMARTS) is 1. The predicted molar refractivity (Wildman–Crippen MR) is 88.5 cm³/mol. The van der Waals surface area contributed by atoms with Crippen molar-refractivity contribution in [1.29, 1.82) is 0 Å². The molecule has 0 aliphatic carbocycles. The number of nitrogens with one attached hydrogen (secondary N) is 2. The number of hydrogen-bond acceptors (Lipinski definition) is 6. The predicted octanol–water partition coefficient (Wildman–Crippen LogP) is 0.104. The van der Waals surface area contributed by atoms with Crippen LogP contribution in [0, 0.1) is 11.8 Å². The highest BCUT2D eigenvalue weighted by atomic mass is 32.2. The Labute approximate surface area is 149 Å². The van der Waals surface area contributed by atoms with Gasteiger partial charge in [-0.15, -0.1) is 0 Å². The number of anilines is 1. The van der Waals surface area contributed by atoms with Gasteiger partial charge in [-0.2, -0.15) is 0 Å². The minimum atomic E-state index is -3.97. The standard InChI is InChI=1S/C16H16N2O7S/c1-8(19)18-26(23,24)10-4-2-9(3-5-10)17-15(20)13-11-6-7-12(25-11)14(13)16(21)22/h2-7,11-14H,1H3,(H,17,20)(H,18,19)(H,21,22)/t11-,12+,13-,14+/m1/s1. The van der Waals surface area contributed by atoms with Crippen molar-refractivity contribution in [2.75, 3.05) is 5.32 Å². The van der Waals surface area contributed by atoms with Gasteiger partial charge in [-0.3, -0.25) is 14.4 Å². The summed E-state index contributed by atoms with van der Waals surface area (Å²) in [6, 6.07) is 5.16. The number of carbonyl (C=O) groups is 3. The zero-order chi connectivity index (χ0) is 19.1. The largest absolute Gasteiger partial charge is 0.481 e. The van der Waals surface area contributed by atoms with Crippen LogP contribution in [0.25, 0.3) is 0 Å². The molecule has 138 valence electrons. The van der Waals surface area contributed by atoms with E-state index >= 15 is 0 Å². The van der Waals surface area contributed by atoms with Gasteiger partial charge >= 0.3 is 5.97 Å². The van der Waals surface area contributed by atoms with E-state index in [9.17, 15) is 27.9 Å². The Hall–Kier alpha value is -2.72. The van der Waals surface area contributed by atoms with Crippen LogP contribution in [-0.4, -0.2) is 43.5 Å². The van der Waals surface area contributed by atoms with Gasteiger partial charge in [-0.1, -0.05) is 12.2 Å². The highest BCUT2D eigenvalue weighted by molar-refractivity contribution is 7.90. The molecule has 3 rings (SSSR count). The number of hydrogen-bond donors (Lipinski definition) is 3. The first-order valence-electron chi connectivity index (χ1n) is 7.70. The molecular formula is C16H16N2O7S. The van der Waals surface area contributed by atoms with Gasteiger partial charge in [0.1, 0.15) is 5.92 Å². The molecule has 0 radical (unpaired) electrons. The molecule has 2 heterocycles. The normalized spacial score (nSPS) is 26.5. The molecule has 1 aromatic carbocycles. The Morgan fingerprint density at radius 2 is 1.62 bits per heavy atom. The molecule has 1 saturated heterocycles. The third-order valence-electron chi connectivity index (χ3n) is 4.20. The summed E-state index contributed by atoms with van der Waals surface area (Å²) in [5.41, 5.74) is 0.299. The van der Waals surface area contributed by atoms with Crippen molar-refractivity contribution in [1.82, 2.24) is 4.72 Å². The SMILES string of the molecule is CC(=O)NS(=O)(=O)c1ccc(NC(=O)[C@H]2[C@@H](C(=O)O)[C@@H]3C=C[C@H]2O3)cc1. The highest BCUT2D eigenvalue weighted by Gasteiger charge is 2.53. The van der Waals surface area contributed by atoms with Crippen molar-refractivity contribution in [2.45, 2.75) is 24.0 Å². The number of ether oxygens (including phenoxy) is 1. The lowest BCUT2D eigenvalue weighted by atomic mass is 9.82. The quantitative estimate of drug-likeness (QED) is 0.616. The van der Waals surface area contributed by atoms with Gasteiger partial charge in [-0.05, 0) is 24.3 Å². The summed E-state index contributed by atoms with van der Waals surface area (Å²) in [5, 5.41) is 11.9. The summed E-state index contributed by atoms with van der Waals surface area (Å²) in [4.78, 5) is 34.7. The molecule has 2 aliphatic heterocycles. The lowest BCUT2D eigenvalue weighted by Gasteiger charge is -2.21. The molecule has 0 aromatic heterocycles. The van der Waals surface area contributed by atoms with Gasteiger partial charge in [-0.25, -0.2) is 13.1 Å². The Bertz CT molecular complexity index is 892. The van der Waals surface area contributed by atoms with E-state index in [4.69, 9.17) is 4.74 Å². The van der Waals surface area contributed by atoms with E-state index < -0.39 is 51.9 Å². The first-order chi connectivity index (χ1) is 12.2. The topological polar surface area (TPSA) is 139 Å². The monoisotopic (exact) mass is 380 g/mol. The Morgan fingerprint density at radius 1 is 1.04 bits per heavy atom. The van der Waals surface area contributed by atoms with Crippen LogP contribution >= 0.6 is 0 Å². The number of fused-ring (bicyclic) bond motifs is 2. The minimum absolute atomic E-state index is 0.139. The summed E-state index contributed by atoms with van der Waals surface area (Å²) >= 11 is 0. The number of carbonyl (C=O) groups excluding carboxylic acids is 2. The maximum Gasteiger partial charge on any atom is 0.310 e. The molecule has 1 aromatic rings. The van der Waals surface area contributed by atoms with Crippen molar-refractivity contribution in [3.05, 3.63) is 36.4 Å². The molecule has 4 atom stereocenters. The molecule has 10 heteroatoms. The van der Waals surface area contributed by atoms with Crippen molar-refractivity contribution in [3.8, 4) is 0 Å². The number of sulfonamides is 1. The number of benzene rings is 1. The fourth-order valence-electron chi connectivity index (χ4n) is 3.11. The summed E-state index contributed by atoms with van der Waals surface area (Å²) in [6.07, 6.45) is 2.07. The van der Waals surface area contributed by atoms with Crippen molar-refractivity contribution < 1.29 is 32.6 Å². The maximum atomic E-state index is 12.5. The van der Waals surface area contributed by atoms with Gasteiger partial charge in [0.2, 0.25) is 11.8 Å². The van der Waals surface area contributed by atoms with Gasteiger partial charge in [0, 0.05) is 12.6 Å². The second-order valence-electron chi connectivity index (χ2n) is 6.02. The van der Waals surface area contributed by atoms with E-state index in [1.807, 2.05) is 4.72 Å². The van der Waals surface area contributed by atoms with Gasteiger partial charge in [0.05, 0.1) is 23.0 Å². The van der Waals surface area contributed by atoms with E-state index in [1.54, 1.807) is 12.2 Å². The van der Waals surface area contributed by atoms with Gasteiger partial charge < -0.3 is 15.2 Å². The first-order valence-corrected chi connectivity index (χ1v) is 9.18. The summed E-state index contributed by atoms with van der Waals surface area (Å²) in [7, 11) is -3.97. The number of aliphatic carboxylic acids is 1. The molecule has 3 N–H and O–H groups in total. The van der Waals surface area contributed by atoms with E-state index in [-0.39, 0.29) is 4.90 Å². The molecule has 2 aliphatic rings. The fraction of sp³-hybridized carbons (Fsp3) is 0.312. The maximum absolute atomic E-state index is 12.5. The molecule has 2 bridgehead atoms. The molecular weight excluding hydrogens is 364 g/mol. The lowest BCUT2D eigenvalue weighted by Crippen LogP contribution is -2.39. The Morgan fingerprint density at radius 3 is 2.15 bits per heavy atom. The van der Waals surface area contributed by atoms with Crippen LogP contribution in [0.3, 0.4) is 0 Å². The van der Waals surface area contributed by atoms with E-state index in [0.29, 0.717) is 5.69 Å². The molecule has 2 amide bonds. The zero-order valence-electron chi connectivity index (χ0n) is 13.6. The minimum Gasteiger partial charge on any atom is -0.481 e. The van der Waals surface area contributed by atoms with Gasteiger partial charge in [0.25, 0.3) is 10.0 Å². The lowest BCUT2D eigenvalue weighted by molar-refractivity contribution is -0.145. The van der Waals surface area contributed by atoms with Crippen LogP contribution in [0.5, 0.6) is 0 Å². The van der Waals surface area contributed by atoms with Crippen LogP contribution in [0.4, 0.5) is 5.69 Å². The molecule has 9 nitrogen and oxygen atoms in total. The van der Waals surface area contributed by atoms with Crippen LogP contribution in [-0.2, 0) is 29.1 Å². The number of rotatable bonds is 5. The van der Waals surface area contributed by atoms with E-state index in [2.05, 4.69) is 5.32 Å². The van der Waals surface area contributed by atoms with Crippen molar-refractivity contribution >= 4 is 33.5 Å². The third kappa shape index (κ3) is 3.33. The van der Waals surface area contributed by atoms with Crippen molar-refractivity contribution in [2.24, 2.45) is 11.8 Å². The Kier molecular flexibility index (Phi) is 4.55. The molecule has 0 saturated carbocycles. The van der Waals surface area contributed by atoms with Crippen molar-refractivity contribution in [3.63, 3.8) is 0 Å². The highest BCUT2D eigenvalue weighted by Crippen LogP contribution is 2.39. The average Bonchev–Trinajstić information content (AvgIpc) is 3.15. The molecule has 0 unspecified atom stereocenters. The fourth-order valence-corrected chi connectivity index (χ4v) is 4.10. The number of carboxylic acids is 1. The second-order valence-corrected chi connectivity index (χ2v) is 7.70. The molecule has 1 fully saturated rings. The van der Waals surface area contributed by atoms with Crippen LogP contribution < -0.4 is 10.0 Å². The summed E-state index contributed by atoms with van der Waals surface area (Å²) in [6.45, 7) is 1.08. The number of amides is 2.